The zero-order chi connectivity index (χ0) is 16.7. The number of ether oxygens (including phenoxy) is 1. The number of benzene rings is 1. The van der Waals surface area contributed by atoms with E-state index in [0.717, 1.165) is 25.7 Å². The monoisotopic (exact) mass is 318 g/mol. The van der Waals surface area contributed by atoms with Crippen LogP contribution in [0.2, 0.25) is 0 Å². The fourth-order valence-electron chi connectivity index (χ4n) is 2.37. The Morgan fingerprint density at radius 3 is 2.39 bits per heavy atom. The van der Waals surface area contributed by atoms with E-state index in [2.05, 4.69) is 10.6 Å². The van der Waals surface area contributed by atoms with E-state index in [0.29, 0.717) is 11.8 Å². The average Bonchev–Trinajstić information content (AvgIpc) is 3.05. The average molecular weight is 318 g/mol. The normalized spacial score (nSPS) is 14.1. The Labute approximate surface area is 133 Å². The van der Waals surface area contributed by atoms with Crippen LogP contribution in [0, 0.1) is 0 Å². The molecule has 0 radical (unpaired) electrons. The maximum absolute atomic E-state index is 11.7. The van der Waals surface area contributed by atoms with Crippen molar-refractivity contribution < 1.29 is 23.9 Å². The summed E-state index contributed by atoms with van der Waals surface area (Å²) >= 11 is 0. The third kappa shape index (κ3) is 5.21. The summed E-state index contributed by atoms with van der Waals surface area (Å²) in [5, 5.41) is 4.82. The van der Waals surface area contributed by atoms with Gasteiger partial charge >= 0.3 is 12.0 Å². The van der Waals surface area contributed by atoms with Crippen LogP contribution < -0.4 is 10.6 Å². The Balaban J connectivity index is 1.73. The van der Waals surface area contributed by atoms with Gasteiger partial charge < -0.3 is 10.1 Å². The number of rotatable bonds is 5. The smallest absolute Gasteiger partial charge is 0.338 e. The van der Waals surface area contributed by atoms with Crippen LogP contribution in [0.1, 0.15) is 46.4 Å². The minimum atomic E-state index is -0.700. The van der Waals surface area contributed by atoms with E-state index in [1.54, 1.807) is 0 Å². The summed E-state index contributed by atoms with van der Waals surface area (Å²) in [5.41, 5.74) is 0.654. The molecule has 1 fully saturated rings. The van der Waals surface area contributed by atoms with E-state index in [1.165, 1.54) is 24.3 Å². The first-order valence-electron chi connectivity index (χ1n) is 7.41. The van der Waals surface area contributed by atoms with Crippen LogP contribution in [0.5, 0.6) is 0 Å². The standard InChI is InChI=1S/C16H18N2O5/c19-9-11-5-7-12(8-6-11)15(21)23-10-14(20)18-16(22)17-13-3-1-2-4-13/h5-9,13H,1-4,10H2,(H2,17,18,20,22). The topological polar surface area (TPSA) is 102 Å². The zero-order valence-corrected chi connectivity index (χ0v) is 12.5. The summed E-state index contributed by atoms with van der Waals surface area (Å²) in [6.07, 6.45) is 4.62. The van der Waals surface area contributed by atoms with Gasteiger partial charge in [-0.25, -0.2) is 9.59 Å². The van der Waals surface area contributed by atoms with Gasteiger partial charge in [0.1, 0.15) is 6.29 Å². The predicted molar refractivity (Wildman–Crippen MR) is 81.0 cm³/mol. The maximum Gasteiger partial charge on any atom is 0.338 e. The minimum Gasteiger partial charge on any atom is -0.452 e. The summed E-state index contributed by atoms with van der Waals surface area (Å²) in [6.45, 7) is -0.549. The molecule has 2 rings (SSSR count). The van der Waals surface area contributed by atoms with Gasteiger partial charge in [0.15, 0.2) is 6.61 Å². The molecule has 0 aliphatic heterocycles. The van der Waals surface area contributed by atoms with E-state index in [1.807, 2.05) is 0 Å². The van der Waals surface area contributed by atoms with Crippen molar-refractivity contribution in [3.8, 4) is 0 Å². The molecule has 0 aromatic heterocycles. The maximum atomic E-state index is 11.7. The van der Waals surface area contributed by atoms with E-state index in [-0.39, 0.29) is 11.6 Å². The molecule has 1 aromatic carbocycles. The van der Waals surface area contributed by atoms with Gasteiger partial charge in [0.2, 0.25) is 0 Å². The molecule has 1 saturated carbocycles. The van der Waals surface area contributed by atoms with Crippen molar-refractivity contribution in [3.05, 3.63) is 35.4 Å². The van der Waals surface area contributed by atoms with Gasteiger partial charge in [-0.1, -0.05) is 25.0 Å². The van der Waals surface area contributed by atoms with Gasteiger partial charge in [0.25, 0.3) is 5.91 Å². The molecule has 1 aliphatic carbocycles. The Morgan fingerprint density at radius 1 is 1.13 bits per heavy atom. The molecule has 0 bridgehead atoms. The number of urea groups is 1. The quantitative estimate of drug-likeness (QED) is 0.631. The Morgan fingerprint density at radius 2 is 1.78 bits per heavy atom. The zero-order valence-electron chi connectivity index (χ0n) is 12.5. The highest BCUT2D eigenvalue weighted by Crippen LogP contribution is 2.17. The van der Waals surface area contributed by atoms with Crippen molar-refractivity contribution in [2.45, 2.75) is 31.7 Å². The lowest BCUT2D eigenvalue weighted by atomic mass is 10.1. The molecular formula is C16H18N2O5. The number of aldehydes is 1. The van der Waals surface area contributed by atoms with Crippen LogP contribution in [0.15, 0.2) is 24.3 Å². The van der Waals surface area contributed by atoms with Crippen molar-refractivity contribution in [3.63, 3.8) is 0 Å². The third-order valence-electron chi connectivity index (χ3n) is 3.56. The molecule has 7 nitrogen and oxygen atoms in total. The number of hydrogen-bond acceptors (Lipinski definition) is 5. The molecule has 3 amide bonds. The molecule has 0 unspecified atom stereocenters. The van der Waals surface area contributed by atoms with Gasteiger partial charge in [-0.15, -0.1) is 0 Å². The fraction of sp³-hybridized carbons (Fsp3) is 0.375. The summed E-state index contributed by atoms with van der Waals surface area (Å²) in [4.78, 5) is 45.4. The molecule has 0 heterocycles. The first-order chi connectivity index (χ1) is 11.1. The number of imide groups is 1. The fourth-order valence-corrected chi connectivity index (χ4v) is 2.37. The highest BCUT2D eigenvalue weighted by Gasteiger charge is 2.18. The van der Waals surface area contributed by atoms with E-state index in [4.69, 9.17) is 4.74 Å². The summed E-state index contributed by atoms with van der Waals surface area (Å²) in [6, 6.07) is 5.32. The van der Waals surface area contributed by atoms with Crippen molar-refractivity contribution in [1.82, 2.24) is 10.6 Å². The number of carbonyl (C=O) groups is 4. The first kappa shape index (κ1) is 16.7. The summed E-state index contributed by atoms with van der Waals surface area (Å²) < 4.78 is 4.81. The van der Waals surface area contributed by atoms with Crippen LogP contribution in [-0.4, -0.2) is 36.8 Å². The molecule has 122 valence electrons. The number of carbonyl (C=O) groups excluding carboxylic acids is 4. The lowest BCUT2D eigenvalue weighted by Gasteiger charge is -2.12. The highest BCUT2D eigenvalue weighted by atomic mass is 16.5. The lowest BCUT2D eigenvalue weighted by molar-refractivity contribution is -0.123. The summed E-state index contributed by atoms with van der Waals surface area (Å²) in [5.74, 6) is -1.40. The molecule has 0 saturated heterocycles. The SMILES string of the molecule is O=Cc1ccc(C(=O)OCC(=O)NC(=O)NC2CCCC2)cc1. The molecule has 7 heteroatoms. The van der Waals surface area contributed by atoms with E-state index >= 15 is 0 Å². The van der Waals surface area contributed by atoms with Gasteiger partial charge in [0.05, 0.1) is 5.56 Å². The third-order valence-corrected chi connectivity index (χ3v) is 3.56. The molecule has 1 aromatic rings. The van der Waals surface area contributed by atoms with Crippen LogP contribution in [0.25, 0.3) is 0 Å². The number of hydrogen-bond donors (Lipinski definition) is 2. The Bertz CT molecular complexity index is 591. The molecule has 0 atom stereocenters. The van der Waals surface area contributed by atoms with Gasteiger partial charge in [-0.2, -0.15) is 0 Å². The second-order valence-corrected chi connectivity index (χ2v) is 5.32. The minimum absolute atomic E-state index is 0.0988. The Kier molecular flexibility index (Phi) is 5.85. The second kappa shape index (κ2) is 8.07. The molecule has 23 heavy (non-hydrogen) atoms. The van der Waals surface area contributed by atoms with Crippen LogP contribution in [0.3, 0.4) is 0 Å². The number of amides is 3. The number of esters is 1. The van der Waals surface area contributed by atoms with E-state index in [9.17, 15) is 19.2 Å². The predicted octanol–water partition coefficient (Wildman–Crippen LogP) is 1.42. The lowest BCUT2D eigenvalue weighted by Crippen LogP contribution is -2.44. The van der Waals surface area contributed by atoms with Gasteiger partial charge in [-0.3, -0.25) is 14.9 Å². The van der Waals surface area contributed by atoms with Crippen LogP contribution in [-0.2, 0) is 9.53 Å². The molecule has 2 N–H and O–H groups in total. The Hall–Kier alpha value is -2.70. The van der Waals surface area contributed by atoms with Crippen molar-refractivity contribution in [1.29, 1.82) is 0 Å². The van der Waals surface area contributed by atoms with Crippen LogP contribution in [0.4, 0.5) is 4.79 Å². The second-order valence-electron chi connectivity index (χ2n) is 5.32. The molecule has 1 aliphatic rings. The van der Waals surface area contributed by atoms with Crippen LogP contribution >= 0.6 is 0 Å². The van der Waals surface area contributed by atoms with Gasteiger partial charge in [-0.05, 0) is 25.0 Å². The highest BCUT2D eigenvalue weighted by molar-refractivity contribution is 5.97. The van der Waals surface area contributed by atoms with Crippen molar-refractivity contribution in [2.24, 2.45) is 0 Å². The largest absolute Gasteiger partial charge is 0.452 e. The molecule has 0 spiro atoms. The van der Waals surface area contributed by atoms with Gasteiger partial charge in [0, 0.05) is 11.6 Å². The molecular weight excluding hydrogens is 300 g/mol. The van der Waals surface area contributed by atoms with E-state index < -0.39 is 24.5 Å². The van der Waals surface area contributed by atoms with Crippen molar-refractivity contribution >= 4 is 24.2 Å². The summed E-state index contributed by atoms with van der Waals surface area (Å²) in [7, 11) is 0. The first-order valence-corrected chi connectivity index (χ1v) is 7.41. The number of nitrogens with one attached hydrogen (secondary N) is 2. The van der Waals surface area contributed by atoms with Crippen molar-refractivity contribution in [2.75, 3.05) is 6.61 Å².